The highest BCUT2D eigenvalue weighted by atomic mass is 16.5. The largest absolute Gasteiger partial charge is 0.493 e. The summed E-state index contributed by atoms with van der Waals surface area (Å²) in [5.41, 5.74) is 5.95. The average Bonchev–Trinajstić information content (AvgIpc) is 3.54. The summed E-state index contributed by atoms with van der Waals surface area (Å²) in [5.74, 6) is 1.34. The first-order valence-electron chi connectivity index (χ1n) is 12.9. The van der Waals surface area contributed by atoms with Gasteiger partial charge in [0.1, 0.15) is 5.75 Å². The van der Waals surface area contributed by atoms with Crippen molar-refractivity contribution in [2.24, 2.45) is 11.3 Å². The molecule has 35 heavy (non-hydrogen) atoms. The van der Waals surface area contributed by atoms with Crippen molar-refractivity contribution in [1.29, 1.82) is 0 Å². The third-order valence-electron chi connectivity index (χ3n) is 9.43. The Balaban J connectivity index is 1.42. The second-order valence-corrected chi connectivity index (χ2v) is 10.8. The highest BCUT2D eigenvalue weighted by Crippen LogP contribution is 2.69. The fourth-order valence-electron chi connectivity index (χ4n) is 8.15. The number of methoxy groups -OCH3 is 1. The van der Waals surface area contributed by atoms with Gasteiger partial charge in [0, 0.05) is 43.3 Å². The van der Waals surface area contributed by atoms with Crippen LogP contribution >= 0.6 is 0 Å². The summed E-state index contributed by atoms with van der Waals surface area (Å²) in [7, 11) is 1.57. The van der Waals surface area contributed by atoms with Crippen LogP contribution in [0.25, 0.3) is 0 Å². The third-order valence-corrected chi connectivity index (χ3v) is 9.43. The SMILES string of the molecule is COC(=O)C12CN(Cc3ccccc3)CC1C1(c3ccc4c(c3)CCO4)CCC2c2ccccc21. The molecular weight excluding hydrogens is 434 g/mol. The van der Waals surface area contributed by atoms with Gasteiger partial charge in [-0.25, -0.2) is 0 Å². The molecule has 0 radical (unpaired) electrons. The number of esters is 1. The molecular formula is C31H31NO3. The Morgan fingerprint density at radius 3 is 2.77 bits per heavy atom. The van der Waals surface area contributed by atoms with Gasteiger partial charge in [-0.2, -0.15) is 0 Å². The van der Waals surface area contributed by atoms with Crippen LogP contribution in [0.5, 0.6) is 5.75 Å². The van der Waals surface area contributed by atoms with Gasteiger partial charge >= 0.3 is 5.97 Å². The summed E-state index contributed by atoms with van der Waals surface area (Å²) in [4.78, 5) is 16.4. The van der Waals surface area contributed by atoms with E-state index < -0.39 is 5.41 Å². The molecule has 5 aliphatic rings. The Bertz CT molecular complexity index is 1300. The second-order valence-electron chi connectivity index (χ2n) is 10.8. The standard InChI is InChI=1S/C31H31NO3/c1-34-29(33)31-20-32(18-21-7-3-2-4-8-21)19-28(31)30(23-11-12-27-22(17-23)14-16-35-27)15-13-26(31)24-9-5-6-10-25(24)30/h2-12,17,26,28H,13-16,18-20H2,1H3. The summed E-state index contributed by atoms with van der Waals surface area (Å²) in [6, 6.07) is 26.4. The van der Waals surface area contributed by atoms with Gasteiger partial charge in [-0.1, -0.05) is 66.7 Å². The van der Waals surface area contributed by atoms with E-state index in [1.54, 1.807) is 7.11 Å². The molecule has 3 aromatic carbocycles. The Morgan fingerprint density at radius 2 is 1.91 bits per heavy atom. The fraction of sp³-hybridized carbons (Fsp3) is 0.387. The maximum absolute atomic E-state index is 13.9. The molecule has 1 saturated carbocycles. The summed E-state index contributed by atoms with van der Waals surface area (Å²) in [6.07, 6.45) is 3.03. The van der Waals surface area contributed by atoms with Crippen LogP contribution in [-0.4, -0.2) is 37.7 Å². The molecule has 2 heterocycles. The average molecular weight is 466 g/mol. The lowest BCUT2D eigenvalue weighted by Gasteiger charge is -2.59. The lowest BCUT2D eigenvalue weighted by molar-refractivity contribution is -0.161. The quantitative estimate of drug-likeness (QED) is 0.503. The zero-order chi connectivity index (χ0) is 23.6. The molecule has 8 rings (SSSR count). The molecule has 1 saturated heterocycles. The predicted octanol–water partition coefficient (Wildman–Crippen LogP) is 5.09. The minimum absolute atomic E-state index is 0.0360. The van der Waals surface area contributed by atoms with Crippen LogP contribution in [0.15, 0.2) is 72.8 Å². The molecule has 4 nitrogen and oxygen atoms in total. The number of carbonyl (C=O) groups excluding carboxylic acids is 1. The number of ether oxygens (including phenoxy) is 2. The Labute approximate surface area is 206 Å². The maximum atomic E-state index is 13.9. The van der Waals surface area contributed by atoms with Crippen molar-refractivity contribution in [3.63, 3.8) is 0 Å². The van der Waals surface area contributed by atoms with Gasteiger partial charge in [-0.05, 0) is 46.7 Å². The lowest BCUT2D eigenvalue weighted by Crippen LogP contribution is -2.60. The molecule has 2 bridgehead atoms. The van der Waals surface area contributed by atoms with Crippen molar-refractivity contribution >= 4 is 5.97 Å². The van der Waals surface area contributed by atoms with Crippen LogP contribution in [-0.2, 0) is 27.9 Å². The molecule has 4 unspecified atom stereocenters. The van der Waals surface area contributed by atoms with Gasteiger partial charge in [0.05, 0.1) is 19.1 Å². The molecule has 3 aromatic rings. The van der Waals surface area contributed by atoms with E-state index in [1.807, 2.05) is 0 Å². The van der Waals surface area contributed by atoms with Crippen LogP contribution in [0.3, 0.4) is 0 Å². The summed E-state index contributed by atoms with van der Waals surface area (Å²) >= 11 is 0. The number of nitrogens with zero attached hydrogens (tertiary/aromatic N) is 1. The van der Waals surface area contributed by atoms with Crippen molar-refractivity contribution in [3.8, 4) is 5.75 Å². The maximum Gasteiger partial charge on any atom is 0.314 e. The Kier molecular flexibility index (Phi) is 4.66. The first-order valence-corrected chi connectivity index (χ1v) is 12.9. The van der Waals surface area contributed by atoms with Crippen LogP contribution in [0.4, 0.5) is 0 Å². The minimum atomic E-state index is -0.536. The topological polar surface area (TPSA) is 38.8 Å². The monoisotopic (exact) mass is 465 g/mol. The Hall–Kier alpha value is -3.11. The first-order chi connectivity index (χ1) is 17.2. The summed E-state index contributed by atoms with van der Waals surface area (Å²) in [5, 5.41) is 0. The fourth-order valence-corrected chi connectivity index (χ4v) is 8.15. The van der Waals surface area contributed by atoms with E-state index in [9.17, 15) is 4.79 Å². The molecule has 3 aliphatic carbocycles. The molecule has 4 heteroatoms. The van der Waals surface area contributed by atoms with Crippen molar-refractivity contribution in [1.82, 2.24) is 4.90 Å². The number of likely N-dealkylation sites (tertiary alicyclic amines) is 1. The highest BCUT2D eigenvalue weighted by Gasteiger charge is 2.70. The first kappa shape index (κ1) is 21.2. The van der Waals surface area contributed by atoms with Gasteiger partial charge in [-0.15, -0.1) is 0 Å². The van der Waals surface area contributed by atoms with E-state index in [1.165, 1.54) is 27.8 Å². The van der Waals surface area contributed by atoms with Gasteiger partial charge in [0.2, 0.25) is 0 Å². The van der Waals surface area contributed by atoms with E-state index in [0.29, 0.717) is 0 Å². The van der Waals surface area contributed by atoms with Gasteiger partial charge in [0.25, 0.3) is 0 Å². The van der Waals surface area contributed by atoms with Crippen molar-refractivity contribution < 1.29 is 14.3 Å². The molecule has 2 aliphatic heterocycles. The number of fused-ring (bicyclic) bond motifs is 2. The zero-order valence-electron chi connectivity index (χ0n) is 20.2. The molecule has 2 fully saturated rings. The van der Waals surface area contributed by atoms with Crippen LogP contribution in [0, 0.1) is 11.3 Å². The zero-order valence-corrected chi connectivity index (χ0v) is 20.2. The second kappa shape index (κ2) is 7.69. The normalized spacial score (nSPS) is 30.3. The number of hydrogen-bond acceptors (Lipinski definition) is 4. The molecule has 4 atom stereocenters. The van der Waals surface area contributed by atoms with E-state index in [2.05, 4.69) is 77.7 Å². The highest BCUT2D eigenvalue weighted by molar-refractivity contribution is 5.82. The summed E-state index contributed by atoms with van der Waals surface area (Å²) in [6.45, 7) is 3.24. The van der Waals surface area contributed by atoms with Gasteiger partial charge < -0.3 is 9.47 Å². The van der Waals surface area contributed by atoms with Crippen molar-refractivity contribution in [2.75, 3.05) is 26.8 Å². The molecule has 178 valence electrons. The minimum Gasteiger partial charge on any atom is -0.493 e. The van der Waals surface area contributed by atoms with E-state index in [4.69, 9.17) is 9.47 Å². The predicted molar refractivity (Wildman–Crippen MR) is 134 cm³/mol. The molecule has 0 spiro atoms. The van der Waals surface area contributed by atoms with Crippen molar-refractivity contribution in [3.05, 3.63) is 101 Å². The summed E-state index contributed by atoms with van der Waals surface area (Å²) < 4.78 is 11.5. The van der Waals surface area contributed by atoms with Crippen molar-refractivity contribution in [2.45, 2.75) is 37.1 Å². The smallest absolute Gasteiger partial charge is 0.314 e. The van der Waals surface area contributed by atoms with Crippen LogP contribution in [0.1, 0.15) is 46.6 Å². The van der Waals surface area contributed by atoms with Crippen LogP contribution in [0.2, 0.25) is 0 Å². The van der Waals surface area contributed by atoms with Crippen LogP contribution < -0.4 is 4.74 Å². The van der Waals surface area contributed by atoms with E-state index >= 15 is 0 Å². The number of hydrogen-bond donors (Lipinski definition) is 0. The number of carbonyl (C=O) groups is 1. The van der Waals surface area contributed by atoms with Gasteiger partial charge in [0.15, 0.2) is 0 Å². The third kappa shape index (κ3) is 2.80. The molecule has 0 N–H and O–H groups in total. The molecule has 0 aromatic heterocycles. The number of rotatable bonds is 4. The van der Waals surface area contributed by atoms with E-state index in [-0.39, 0.29) is 23.2 Å². The van der Waals surface area contributed by atoms with Gasteiger partial charge in [-0.3, -0.25) is 9.69 Å². The Morgan fingerprint density at radius 1 is 1.09 bits per heavy atom. The molecule has 0 amide bonds. The lowest BCUT2D eigenvalue weighted by atomic mass is 9.42. The van der Waals surface area contributed by atoms with E-state index in [0.717, 1.165) is 51.3 Å². The number of benzene rings is 3.